The van der Waals surface area contributed by atoms with Gasteiger partial charge in [-0.05, 0) is 58.1 Å². The first kappa shape index (κ1) is 23.8. The van der Waals surface area contributed by atoms with Crippen LogP contribution in [0.15, 0.2) is 18.5 Å². The third-order valence-electron chi connectivity index (χ3n) is 6.14. The van der Waals surface area contributed by atoms with E-state index in [-0.39, 0.29) is 23.2 Å². The SMILES string of the molecule is CC1(C)C[C@H](CNc2nc(-c3cc(NC(=O)[C@@H]4CCCNC4)ncc3Cl)cnc2F)CCO1. The fraction of sp³-hybridized carbons (Fsp3) is 0.565. The lowest BCUT2D eigenvalue weighted by Gasteiger charge is -2.35. The van der Waals surface area contributed by atoms with Crippen molar-refractivity contribution < 1.29 is 13.9 Å². The second-order valence-electron chi connectivity index (χ2n) is 9.32. The van der Waals surface area contributed by atoms with Crippen LogP contribution in [0.1, 0.15) is 39.5 Å². The number of anilines is 2. The summed E-state index contributed by atoms with van der Waals surface area (Å²) in [5.74, 6) is -0.0717. The molecule has 2 aromatic rings. The van der Waals surface area contributed by atoms with Gasteiger partial charge in [0.2, 0.25) is 5.91 Å². The van der Waals surface area contributed by atoms with E-state index in [9.17, 15) is 9.18 Å². The largest absolute Gasteiger partial charge is 0.376 e. The summed E-state index contributed by atoms with van der Waals surface area (Å²) in [6, 6.07) is 1.64. The van der Waals surface area contributed by atoms with Crippen molar-refractivity contribution in [3.8, 4) is 11.3 Å². The molecular weight excluding hydrogens is 447 g/mol. The highest BCUT2D eigenvalue weighted by atomic mass is 35.5. The number of carbonyl (C=O) groups is 1. The van der Waals surface area contributed by atoms with Crippen LogP contribution >= 0.6 is 11.6 Å². The number of halogens is 2. The highest BCUT2D eigenvalue weighted by molar-refractivity contribution is 6.33. The average molecular weight is 477 g/mol. The van der Waals surface area contributed by atoms with Crippen molar-refractivity contribution in [3.63, 3.8) is 0 Å². The van der Waals surface area contributed by atoms with E-state index >= 15 is 0 Å². The number of ether oxygens (including phenoxy) is 1. The summed E-state index contributed by atoms with van der Waals surface area (Å²) in [6.07, 6.45) is 6.36. The van der Waals surface area contributed by atoms with Gasteiger partial charge in [-0.3, -0.25) is 4.79 Å². The van der Waals surface area contributed by atoms with Crippen LogP contribution < -0.4 is 16.0 Å². The first-order chi connectivity index (χ1) is 15.8. The Bertz CT molecular complexity index is 999. The van der Waals surface area contributed by atoms with Gasteiger partial charge in [-0.1, -0.05) is 11.6 Å². The molecule has 2 atom stereocenters. The summed E-state index contributed by atoms with van der Waals surface area (Å²) < 4.78 is 20.1. The molecule has 0 spiro atoms. The maximum absolute atomic E-state index is 14.4. The lowest BCUT2D eigenvalue weighted by Crippen LogP contribution is -2.37. The Morgan fingerprint density at radius 1 is 1.33 bits per heavy atom. The first-order valence-corrected chi connectivity index (χ1v) is 11.8. The van der Waals surface area contributed by atoms with E-state index < -0.39 is 5.95 Å². The predicted octanol–water partition coefficient (Wildman–Crippen LogP) is 3.89. The summed E-state index contributed by atoms with van der Waals surface area (Å²) in [6.45, 7) is 6.96. The number of nitrogens with zero attached hydrogens (tertiary/aromatic N) is 3. The molecule has 0 bridgehead atoms. The van der Waals surface area contributed by atoms with Crippen molar-refractivity contribution in [1.82, 2.24) is 20.3 Å². The van der Waals surface area contributed by atoms with E-state index in [4.69, 9.17) is 16.3 Å². The number of hydrogen-bond donors (Lipinski definition) is 3. The summed E-state index contributed by atoms with van der Waals surface area (Å²) in [7, 11) is 0. The maximum atomic E-state index is 14.4. The molecule has 0 unspecified atom stereocenters. The highest BCUT2D eigenvalue weighted by Crippen LogP contribution is 2.31. The molecule has 4 heterocycles. The second kappa shape index (κ2) is 10.3. The highest BCUT2D eigenvalue weighted by Gasteiger charge is 2.29. The maximum Gasteiger partial charge on any atom is 0.255 e. The molecule has 33 heavy (non-hydrogen) atoms. The van der Waals surface area contributed by atoms with Gasteiger partial charge in [-0.2, -0.15) is 4.39 Å². The van der Waals surface area contributed by atoms with Gasteiger partial charge in [0, 0.05) is 31.5 Å². The van der Waals surface area contributed by atoms with Crippen LogP contribution in [0.5, 0.6) is 0 Å². The van der Waals surface area contributed by atoms with E-state index in [1.807, 2.05) is 0 Å². The minimum atomic E-state index is -0.673. The minimum Gasteiger partial charge on any atom is -0.376 e. The van der Waals surface area contributed by atoms with Crippen molar-refractivity contribution in [2.75, 3.05) is 36.9 Å². The van der Waals surface area contributed by atoms with Crippen LogP contribution in [0.2, 0.25) is 5.02 Å². The van der Waals surface area contributed by atoms with Gasteiger partial charge < -0.3 is 20.7 Å². The zero-order chi connectivity index (χ0) is 23.4. The van der Waals surface area contributed by atoms with E-state index in [0.29, 0.717) is 47.7 Å². The van der Waals surface area contributed by atoms with Gasteiger partial charge in [0.05, 0.1) is 28.4 Å². The molecule has 3 N–H and O–H groups in total. The number of amides is 1. The molecule has 178 valence electrons. The summed E-state index contributed by atoms with van der Waals surface area (Å²) in [5.41, 5.74) is 0.732. The quantitative estimate of drug-likeness (QED) is 0.581. The molecule has 4 rings (SSSR count). The van der Waals surface area contributed by atoms with Crippen LogP contribution in [0, 0.1) is 17.8 Å². The zero-order valence-electron chi connectivity index (χ0n) is 19.0. The topological polar surface area (TPSA) is 101 Å². The number of aromatic nitrogens is 3. The molecule has 2 saturated heterocycles. The average Bonchev–Trinajstić information content (AvgIpc) is 2.80. The molecule has 2 aliphatic heterocycles. The van der Waals surface area contributed by atoms with Gasteiger partial charge >= 0.3 is 0 Å². The van der Waals surface area contributed by atoms with Gasteiger partial charge in [0.25, 0.3) is 5.95 Å². The van der Waals surface area contributed by atoms with Crippen LogP contribution in [0.3, 0.4) is 0 Å². The molecule has 0 saturated carbocycles. The third-order valence-corrected chi connectivity index (χ3v) is 6.44. The number of piperidine rings is 1. The Labute approximate surface area is 198 Å². The number of carbonyl (C=O) groups excluding carboxylic acids is 1. The smallest absolute Gasteiger partial charge is 0.255 e. The molecule has 2 aliphatic rings. The predicted molar refractivity (Wildman–Crippen MR) is 126 cm³/mol. The molecule has 10 heteroatoms. The molecule has 2 fully saturated rings. The van der Waals surface area contributed by atoms with Gasteiger partial charge in [-0.25, -0.2) is 15.0 Å². The van der Waals surface area contributed by atoms with Crippen molar-refractivity contribution in [2.45, 2.75) is 45.1 Å². The number of hydrogen-bond acceptors (Lipinski definition) is 7. The van der Waals surface area contributed by atoms with Crippen LogP contribution in [0.25, 0.3) is 11.3 Å². The van der Waals surface area contributed by atoms with Crippen molar-refractivity contribution >= 4 is 29.1 Å². The van der Waals surface area contributed by atoms with Crippen LogP contribution in [-0.4, -0.2) is 52.7 Å². The lowest BCUT2D eigenvalue weighted by atomic mass is 9.88. The molecule has 0 aliphatic carbocycles. The summed E-state index contributed by atoms with van der Waals surface area (Å²) in [4.78, 5) is 25.1. The van der Waals surface area contributed by atoms with E-state index in [1.54, 1.807) is 6.07 Å². The number of rotatable bonds is 6. The Balaban J connectivity index is 1.48. The third kappa shape index (κ3) is 6.16. The van der Waals surface area contributed by atoms with Crippen molar-refractivity contribution in [2.24, 2.45) is 11.8 Å². The first-order valence-electron chi connectivity index (χ1n) is 11.4. The number of nitrogens with one attached hydrogen (secondary N) is 3. The minimum absolute atomic E-state index is 0.0727. The fourth-order valence-corrected chi connectivity index (χ4v) is 4.60. The molecule has 8 nitrogen and oxygen atoms in total. The zero-order valence-corrected chi connectivity index (χ0v) is 19.7. The van der Waals surface area contributed by atoms with Crippen LogP contribution in [-0.2, 0) is 9.53 Å². The molecular formula is C23H30ClFN6O2. The summed E-state index contributed by atoms with van der Waals surface area (Å²) in [5, 5.41) is 9.52. The van der Waals surface area contributed by atoms with Gasteiger partial charge in [-0.15, -0.1) is 0 Å². The van der Waals surface area contributed by atoms with E-state index in [2.05, 4.69) is 44.7 Å². The normalized spacial score (nSPS) is 22.5. The number of pyridine rings is 1. The Morgan fingerprint density at radius 3 is 2.94 bits per heavy atom. The van der Waals surface area contributed by atoms with Crippen molar-refractivity contribution in [1.29, 1.82) is 0 Å². The molecule has 2 aromatic heterocycles. The van der Waals surface area contributed by atoms with Gasteiger partial charge in [0.1, 0.15) is 5.82 Å². The van der Waals surface area contributed by atoms with Crippen LogP contribution in [0.4, 0.5) is 16.0 Å². The monoisotopic (exact) mass is 476 g/mol. The molecule has 0 radical (unpaired) electrons. The van der Waals surface area contributed by atoms with Crippen molar-refractivity contribution in [3.05, 3.63) is 29.4 Å². The van der Waals surface area contributed by atoms with Gasteiger partial charge in [0.15, 0.2) is 5.82 Å². The Kier molecular flexibility index (Phi) is 7.41. The standard InChI is InChI=1S/C23H30ClFN6O2/c1-23(2)9-14(5-7-33-23)10-29-21-20(25)28-13-18(30-21)16-8-19(27-12-17(16)24)31-22(32)15-4-3-6-26-11-15/h8,12-15,26H,3-7,9-11H2,1-2H3,(H,29,30)(H,27,31,32)/t14-,15-/m1/s1. The summed E-state index contributed by atoms with van der Waals surface area (Å²) >= 11 is 6.36. The molecule has 1 amide bonds. The Morgan fingerprint density at radius 2 is 2.18 bits per heavy atom. The fourth-order valence-electron chi connectivity index (χ4n) is 4.40. The lowest BCUT2D eigenvalue weighted by molar-refractivity contribution is -0.120. The van der Waals surface area contributed by atoms with E-state index in [0.717, 1.165) is 32.2 Å². The Hall–Kier alpha value is -2.36. The van der Waals surface area contributed by atoms with E-state index in [1.165, 1.54) is 12.4 Å². The molecule has 0 aromatic carbocycles. The second-order valence-corrected chi connectivity index (χ2v) is 9.73.